The second kappa shape index (κ2) is 2.87. The average Bonchev–Trinajstić information content (AvgIpc) is 2.97. The summed E-state index contributed by atoms with van der Waals surface area (Å²) in [6.07, 6.45) is 2.73. The molecule has 1 unspecified atom stereocenters. The Morgan fingerprint density at radius 3 is 2.77 bits per heavy atom. The lowest BCUT2D eigenvalue weighted by Crippen LogP contribution is -2.07. The number of hydrogen-bond donors (Lipinski definition) is 0. The number of fused-ring (bicyclic) bond motifs is 2. The molecule has 2 aliphatic rings. The Kier molecular flexibility index (Phi) is 0.830. The fraction of sp³-hybridized carbons (Fsp3) is 0.538. The maximum Gasteiger partial charge on any atom is 0.0626 e. The van der Waals surface area contributed by atoms with Gasteiger partial charge in [0, 0.05) is 1.37 Å². The van der Waals surface area contributed by atoms with Crippen LogP contribution in [-0.4, -0.2) is 0 Å². The van der Waals surface area contributed by atoms with E-state index < -0.39 is 0 Å². The van der Waals surface area contributed by atoms with E-state index in [0.717, 1.165) is 19.3 Å². The third-order valence-electron chi connectivity index (χ3n) is 3.35. The molecule has 4 atom stereocenters. The van der Waals surface area contributed by atoms with Crippen molar-refractivity contribution in [2.75, 3.05) is 0 Å². The highest BCUT2D eigenvalue weighted by Gasteiger charge is 2.39. The quantitative estimate of drug-likeness (QED) is 0.616. The van der Waals surface area contributed by atoms with Gasteiger partial charge >= 0.3 is 0 Å². The van der Waals surface area contributed by atoms with Gasteiger partial charge < -0.3 is 0 Å². The third kappa shape index (κ3) is 1.20. The van der Waals surface area contributed by atoms with Crippen LogP contribution in [0.3, 0.4) is 0 Å². The lowest BCUT2D eigenvalue weighted by Gasteiger charge is -2.21. The van der Waals surface area contributed by atoms with Crippen molar-refractivity contribution >= 4 is 0 Å². The monoisotopic (exact) mass is 178 g/mol. The minimum atomic E-state index is -0.344. The fourth-order valence-electron chi connectivity index (χ4n) is 2.76. The van der Waals surface area contributed by atoms with E-state index in [1.165, 1.54) is 0 Å². The molecule has 3 rings (SSSR count). The minimum Gasteiger partial charge on any atom is -0.0622 e. The summed E-state index contributed by atoms with van der Waals surface area (Å²) in [5.41, 5.74) is 0.373. The predicted molar refractivity (Wildman–Crippen MR) is 54.6 cm³/mol. The molecule has 0 N–H and O–H groups in total. The largest absolute Gasteiger partial charge is 0.0626 e. The van der Waals surface area contributed by atoms with Crippen molar-refractivity contribution in [3.8, 4) is 0 Å². The number of rotatable bonds is 1. The SMILES string of the molecule is [2H]c1c([2H])c([2H])c([C@H]2C([2H])[C@@H]3CC[C@H]2C3)c([2H])c1[2H]. The molecule has 0 aliphatic heterocycles. The van der Waals surface area contributed by atoms with Gasteiger partial charge in [-0.25, -0.2) is 0 Å². The summed E-state index contributed by atoms with van der Waals surface area (Å²) in [5, 5.41) is 0. The molecule has 0 saturated heterocycles. The van der Waals surface area contributed by atoms with Crippen LogP contribution in [0, 0.1) is 11.8 Å². The Bertz CT molecular complexity index is 509. The van der Waals surface area contributed by atoms with E-state index in [-0.39, 0.29) is 42.5 Å². The van der Waals surface area contributed by atoms with Crippen molar-refractivity contribution in [1.29, 1.82) is 0 Å². The van der Waals surface area contributed by atoms with Gasteiger partial charge in [-0.3, -0.25) is 0 Å². The Morgan fingerprint density at radius 2 is 2.08 bits per heavy atom. The average molecular weight is 178 g/mol. The minimum absolute atomic E-state index is 0.110. The Labute approximate surface area is 88.4 Å². The molecule has 2 fully saturated rings. The first-order chi connectivity index (χ1) is 8.93. The molecule has 13 heavy (non-hydrogen) atoms. The lowest BCUT2D eigenvalue weighted by molar-refractivity contribution is 0.420. The van der Waals surface area contributed by atoms with Crippen molar-refractivity contribution in [3.63, 3.8) is 0 Å². The zero-order valence-electron chi connectivity index (χ0n) is 13.4. The van der Waals surface area contributed by atoms with Crippen molar-refractivity contribution in [1.82, 2.24) is 0 Å². The topological polar surface area (TPSA) is 0 Å². The molecule has 1 aromatic carbocycles. The molecule has 0 spiro atoms. The highest BCUT2D eigenvalue weighted by atomic mass is 14.4. The Hall–Kier alpha value is -0.780. The molecule has 2 saturated carbocycles. The van der Waals surface area contributed by atoms with E-state index in [1.54, 1.807) is 0 Å². The van der Waals surface area contributed by atoms with Gasteiger partial charge in [0.1, 0.15) is 0 Å². The molecule has 0 amide bonds. The Morgan fingerprint density at radius 1 is 1.23 bits per heavy atom. The first-order valence-electron chi connectivity index (χ1n) is 8.00. The maximum atomic E-state index is 8.27. The molecule has 0 heteroatoms. The van der Waals surface area contributed by atoms with Crippen molar-refractivity contribution < 1.29 is 8.22 Å². The van der Waals surface area contributed by atoms with E-state index in [4.69, 9.17) is 8.22 Å². The zero-order valence-corrected chi connectivity index (χ0v) is 7.43. The molecule has 0 radical (unpaired) electrons. The lowest BCUT2D eigenvalue weighted by atomic mass is 9.84. The van der Waals surface area contributed by atoms with Gasteiger partial charge in [0.2, 0.25) is 0 Å². The summed E-state index contributed by atoms with van der Waals surface area (Å²) in [5.74, 6) is 0.469. The van der Waals surface area contributed by atoms with E-state index in [2.05, 4.69) is 0 Å². The molecular weight excluding hydrogens is 156 g/mol. The van der Waals surface area contributed by atoms with Gasteiger partial charge in [-0.2, -0.15) is 0 Å². The van der Waals surface area contributed by atoms with E-state index >= 15 is 0 Å². The number of hydrogen-bond acceptors (Lipinski definition) is 0. The van der Waals surface area contributed by atoms with Crippen molar-refractivity contribution in [3.05, 3.63) is 35.8 Å². The van der Waals surface area contributed by atoms with E-state index in [1.807, 2.05) is 0 Å². The number of benzene rings is 1. The van der Waals surface area contributed by atoms with Crippen LogP contribution in [-0.2, 0) is 0 Å². The van der Waals surface area contributed by atoms with E-state index in [0.29, 0.717) is 17.4 Å². The van der Waals surface area contributed by atoms with Gasteiger partial charge in [0.05, 0.1) is 6.85 Å². The third-order valence-corrected chi connectivity index (χ3v) is 3.35. The van der Waals surface area contributed by atoms with Gasteiger partial charge in [0.25, 0.3) is 0 Å². The summed E-state index contributed by atoms with van der Waals surface area (Å²) in [4.78, 5) is 0. The van der Waals surface area contributed by atoms with Gasteiger partial charge in [-0.1, -0.05) is 36.6 Å². The van der Waals surface area contributed by atoms with Crippen LogP contribution < -0.4 is 0 Å². The molecule has 2 bridgehead atoms. The predicted octanol–water partition coefficient (Wildman–Crippen LogP) is 3.59. The molecule has 68 valence electrons. The molecule has 0 nitrogen and oxygen atoms in total. The molecule has 0 heterocycles. The van der Waals surface area contributed by atoms with Crippen LogP contribution in [0.4, 0.5) is 0 Å². The summed E-state index contributed by atoms with van der Waals surface area (Å²) in [7, 11) is 0. The first-order valence-corrected chi connectivity index (χ1v) is 4.92. The molecule has 1 aromatic rings. The summed E-state index contributed by atoms with van der Waals surface area (Å²) >= 11 is 0. The van der Waals surface area contributed by atoms with Crippen LogP contribution in [0.5, 0.6) is 0 Å². The smallest absolute Gasteiger partial charge is 0.0622 e. The normalized spacial score (nSPS) is 48.9. The fourth-order valence-corrected chi connectivity index (χ4v) is 2.76. The van der Waals surface area contributed by atoms with Gasteiger partial charge in [-0.05, 0) is 42.6 Å². The molecule has 2 aliphatic carbocycles. The van der Waals surface area contributed by atoms with E-state index in [9.17, 15) is 0 Å². The molecule has 0 aromatic heterocycles. The zero-order chi connectivity index (χ0) is 13.9. The second-order valence-electron chi connectivity index (χ2n) is 4.09. The van der Waals surface area contributed by atoms with Crippen LogP contribution in [0.15, 0.2) is 30.2 Å². The van der Waals surface area contributed by atoms with Crippen LogP contribution in [0.1, 0.15) is 45.4 Å². The van der Waals surface area contributed by atoms with Crippen LogP contribution in [0.25, 0.3) is 0 Å². The molecular formula is C13H16. The maximum absolute atomic E-state index is 8.27. The first kappa shape index (κ1) is 3.76. The Balaban J connectivity index is 2.16. The van der Waals surface area contributed by atoms with Gasteiger partial charge in [0.15, 0.2) is 0 Å². The van der Waals surface area contributed by atoms with Crippen LogP contribution in [0.2, 0.25) is 0 Å². The highest BCUT2D eigenvalue weighted by Crippen LogP contribution is 2.52. The summed E-state index contributed by atoms with van der Waals surface area (Å²) in [6, 6.07) is -1.11. The summed E-state index contributed by atoms with van der Waals surface area (Å²) in [6.45, 7) is 0. The van der Waals surface area contributed by atoms with Crippen LogP contribution >= 0.6 is 0 Å². The highest BCUT2D eigenvalue weighted by molar-refractivity contribution is 5.22. The summed E-state index contributed by atoms with van der Waals surface area (Å²) < 4.78 is 47.4. The van der Waals surface area contributed by atoms with Crippen molar-refractivity contribution in [2.45, 2.75) is 31.6 Å². The second-order valence-corrected chi connectivity index (χ2v) is 4.09. The van der Waals surface area contributed by atoms with Gasteiger partial charge in [-0.15, -0.1) is 0 Å². The standard InChI is InChI=1S/C13H16/c1-2-4-11(5-3-1)13-9-10-6-7-12(13)8-10/h1-5,10,12-13H,6-9H2/t10-,12+,13-/m1/s1/i1D,2D,3D,4D,5D,9D/t9?,10-,12+,13-. The van der Waals surface area contributed by atoms with Crippen molar-refractivity contribution in [2.24, 2.45) is 11.8 Å².